The number of carbonyl (C=O) groups excluding carboxylic acids is 2. The highest BCUT2D eigenvalue weighted by Crippen LogP contribution is 2.32. The first-order valence-corrected chi connectivity index (χ1v) is 14.6. The fourth-order valence-corrected chi connectivity index (χ4v) is 5.62. The molecule has 3 aromatic rings. The van der Waals surface area contributed by atoms with Gasteiger partial charge in [-0.3, -0.25) is 13.9 Å². The number of anilines is 1. The van der Waals surface area contributed by atoms with Crippen molar-refractivity contribution in [1.29, 1.82) is 0 Å². The number of nitrogens with zero attached hydrogens (tertiary/aromatic N) is 2. The van der Waals surface area contributed by atoms with Crippen molar-refractivity contribution in [1.82, 2.24) is 10.2 Å². The molecule has 0 aliphatic heterocycles. The van der Waals surface area contributed by atoms with E-state index in [0.29, 0.717) is 18.7 Å². The molecule has 1 atom stereocenters. The Balaban J connectivity index is 2.07. The molecular weight excluding hydrogens is 549 g/mol. The van der Waals surface area contributed by atoms with Crippen LogP contribution in [0.2, 0.25) is 0 Å². The standard InChI is InChI=1S/C30H36FN3O6S/c1-6-17-32-30(36)22(3)33(19-23-10-8-7-9-21(23)2)29(35)20-34(25-13-11-24(31)12-14-25)41(37,38)26-15-16-27(39-4)28(18-26)40-5/h7-16,18,22H,6,17,19-20H2,1-5H3,(H,32,36)/t22-/m0/s1. The summed E-state index contributed by atoms with van der Waals surface area (Å²) in [5.41, 5.74) is 1.81. The van der Waals surface area contributed by atoms with Gasteiger partial charge in [0.15, 0.2) is 11.5 Å². The molecule has 0 fully saturated rings. The number of ether oxygens (including phenoxy) is 2. The first kappa shape index (κ1) is 31.4. The highest BCUT2D eigenvalue weighted by molar-refractivity contribution is 7.92. The van der Waals surface area contributed by atoms with Crippen LogP contribution in [0.1, 0.15) is 31.4 Å². The molecular formula is C30H36FN3O6S. The van der Waals surface area contributed by atoms with Gasteiger partial charge in [-0.1, -0.05) is 31.2 Å². The smallest absolute Gasteiger partial charge is 0.264 e. The Morgan fingerprint density at radius 3 is 2.24 bits per heavy atom. The van der Waals surface area contributed by atoms with Crippen LogP contribution in [0.4, 0.5) is 10.1 Å². The van der Waals surface area contributed by atoms with Crippen LogP contribution in [-0.2, 0) is 26.2 Å². The summed E-state index contributed by atoms with van der Waals surface area (Å²) in [5.74, 6) is -1.02. The SMILES string of the molecule is CCCNC(=O)[C@H](C)N(Cc1ccccc1C)C(=O)CN(c1ccc(F)cc1)S(=O)(=O)c1ccc(OC)c(OC)c1. The molecule has 0 heterocycles. The maximum absolute atomic E-state index is 14.0. The summed E-state index contributed by atoms with van der Waals surface area (Å²) in [5, 5.41) is 2.81. The van der Waals surface area contributed by atoms with E-state index >= 15 is 0 Å². The number of hydrogen-bond acceptors (Lipinski definition) is 6. The number of benzene rings is 3. The van der Waals surface area contributed by atoms with Gasteiger partial charge in [0.05, 0.1) is 24.8 Å². The van der Waals surface area contributed by atoms with Crippen molar-refractivity contribution in [2.24, 2.45) is 0 Å². The molecule has 2 amide bonds. The molecule has 0 aliphatic rings. The number of aryl methyl sites for hydroxylation is 1. The number of amides is 2. The van der Waals surface area contributed by atoms with Crippen molar-refractivity contribution in [2.75, 3.05) is 31.6 Å². The minimum absolute atomic E-state index is 0.0773. The van der Waals surface area contributed by atoms with Crippen molar-refractivity contribution < 1.29 is 31.9 Å². The van der Waals surface area contributed by atoms with Gasteiger partial charge >= 0.3 is 0 Å². The third kappa shape index (κ3) is 7.55. The molecule has 0 saturated heterocycles. The van der Waals surface area contributed by atoms with Gasteiger partial charge < -0.3 is 19.7 Å². The minimum Gasteiger partial charge on any atom is -0.493 e. The van der Waals surface area contributed by atoms with Crippen molar-refractivity contribution >= 4 is 27.5 Å². The van der Waals surface area contributed by atoms with Gasteiger partial charge in [0.25, 0.3) is 10.0 Å². The van der Waals surface area contributed by atoms with E-state index in [1.165, 1.54) is 49.5 Å². The Hall–Kier alpha value is -4.12. The van der Waals surface area contributed by atoms with E-state index in [2.05, 4.69) is 5.32 Å². The van der Waals surface area contributed by atoms with E-state index in [0.717, 1.165) is 27.6 Å². The summed E-state index contributed by atoms with van der Waals surface area (Å²) in [6.45, 7) is 5.30. The molecule has 0 saturated carbocycles. The van der Waals surface area contributed by atoms with Crippen LogP contribution in [0.5, 0.6) is 11.5 Å². The Kier molecular flexibility index (Phi) is 10.7. The van der Waals surface area contributed by atoms with Crippen molar-refractivity contribution in [3.05, 3.63) is 83.7 Å². The Morgan fingerprint density at radius 1 is 0.976 bits per heavy atom. The molecule has 11 heteroatoms. The van der Waals surface area contributed by atoms with E-state index < -0.39 is 34.3 Å². The van der Waals surface area contributed by atoms with Crippen LogP contribution in [0.3, 0.4) is 0 Å². The topological polar surface area (TPSA) is 105 Å². The zero-order chi connectivity index (χ0) is 30.2. The van der Waals surface area contributed by atoms with Gasteiger partial charge in [-0.05, 0) is 67.8 Å². The van der Waals surface area contributed by atoms with Gasteiger partial charge in [0, 0.05) is 19.2 Å². The third-order valence-electron chi connectivity index (χ3n) is 6.65. The number of methoxy groups -OCH3 is 2. The maximum atomic E-state index is 14.0. The summed E-state index contributed by atoms with van der Waals surface area (Å²) >= 11 is 0. The highest BCUT2D eigenvalue weighted by atomic mass is 32.2. The lowest BCUT2D eigenvalue weighted by atomic mass is 10.1. The van der Waals surface area contributed by atoms with Crippen LogP contribution in [0, 0.1) is 12.7 Å². The highest BCUT2D eigenvalue weighted by Gasteiger charge is 2.33. The lowest BCUT2D eigenvalue weighted by molar-refractivity contribution is -0.139. The minimum atomic E-state index is -4.37. The summed E-state index contributed by atoms with van der Waals surface area (Å²) in [6.07, 6.45) is 0.714. The summed E-state index contributed by atoms with van der Waals surface area (Å²) < 4.78 is 53.2. The average molecular weight is 586 g/mol. The van der Waals surface area contributed by atoms with E-state index in [-0.39, 0.29) is 28.8 Å². The van der Waals surface area contributed by atoms with Crippen molar-refractivity contribution in [2.45, 2.75) is 44.7 Å². The largest absolute Gasteiger partial charge is 0.493 e. The summed E-state index contributed by atoms with van der Waals surface area (Å²) in [7, 11) is -1.56. The normalized spacial score (nSPS) is 11.9. The van der Waals surface area contributed by atoms with Crippen LogP contribution >= 0.6 is 0 Å². The van der Waals surface area contributed by atoms with Crippen LogP contribution in [0.15, 0.2) is 71.6 Å². The lowest BCUT2D eigenvalue weighted by Gasteiger charge is -2.32. The predicted molar refractivity (Wildman–Crippen MR) is 155 cm³/mol. The fourth-order valence-electron chi connectivity index (χ4n) is 4.19. The van der Waals surface area contributed by atoms with Gasteiger partial charge in [-0.15, -0.1) is 0 Å². The number of carbonyl (C=O) groups is 2. The van der Waals surface area contributed by atoms with Crippen LogP contribution in [0.25, 0.3) is 0 Å². The number of sulfonamides is 1. The van der Waals surface area contributed by atoms with E-state index in [1.54, 1.807) is 6.92 Å². The lowest BCUT2D eigenvalue weighted by Crippen LogP contribution is -2.51. The van der Waals surface area contributed by atoms with Crippen LogP contribution in [-0.4, -0.2) is 58.5 Å². The second-order valence-corrected chi connectivity index (χ2v) is 11.3. The van der Waals surface area contributed by atoms with E-state index in [1.807, 2.05) is 38.1 Å². The molecule has 9 nitrogen and oxygen atoms in total. The van der Waals surface area contributed by atoms with E-state index in [9.17, 15) is 22.4 Å². The molecule has 0 aliphatic carbocycles. The predicted octanol–water partition coefficient (Wildman–Crippen LogP) is 4.29. The summed E-state index contributed by atoms with van der Waals surface area (Å²) in [4.78, 5) is 28.1. The molecule has 41 heavy (non-hydrogen) atoms. The first-order valence-electron chi connectivity index (χ1n) is 13.2. The fraction of sp³-hybridized carbons (Fsp3) is 0.333. The van der Waals surface area contributed by atoms with E-state index in [4.69, 9.17) is 9.47 Å². The molecule has 0 radical (unpaired) electrons. The van der Waals surface area contributed by atoms with Gasteiger partial charge in [0.1, 0.15) is 18.4 Å². The van der Waals surface area contributed by atoms with Gasteiger partial charge in [0.2, 0.25) is 11.8 Å². The number of nitrogens with one attached hydrogen (secondary N) is 1. The number of halogens is 1. The van der Waals surface area contributed by atoms with Crippen molar-refractivity contribution in [3.8, 4) is 11.5 Å². The number of hydrogen-bond donors (Lipinski definition) is 1. The van der Waals surface area contributed by atoms with Gasteiger partial charge in [-0.25, -0.2) is 12.8 Å². The average Bonchev–Trinajstić information content (AvgIpc) is 2.97. The molecule has 220 valence electrons. The summed E-state index contributed by atoms with van der Waals surface area (Å²) in [6, 6.07) is 15.4. The Bertz CT molecular complexity index is 1460. The molecule has 3 rings (SSSR count). The molecule has 0 bridgehead atoms. The number of rotatable bonds is 13. The van der Waals surface area contributed by atoms with Gasteiger partial charge in [-0.2, -0.15) is 0 Å². The Labute approximate surface area is 240 Å². The molecule has 0 unspecified atom stereocenters. The van der Waals surface area contributed by atoms with Crippen LogP contribution < -0.4 is 19.1 Å². The monoisotopic (exact) mass is 585 g/mol. The quantitative estimate of drug-likeness (QED) is 0.321. The molecule has 3 aromatic carbocycles. The third-order valence-corrected chi connectivity index (χ3v) is 8.42. The molecule has 1 N–H and O–H groups in total. The zero-order valence-electron chi connectivity index (χ0n) is 23.9. The second kappa shape index (κ2) is 14.0. The second-order valence-electron chi connectivity index (χ2n) is 9.42. The zero-order valence-corrected chi connectivity index (χ0v) is 24.7. The molecule has 0 aromatic heterocycles. The first-order chi connectivity index (χ1) is 19.5. The maximum Gasteiger partial charge on any atom is 0.264 e. The molecule has 0 spiro atoms. The Morgan fingerprint density at radius 2 is 1.63 bits per heavy atom. The van der Waals surface area contributed by atoms with Crippen molar-refractivity contribution in [3.63, 3.8) is 0 Å².